The molecule has 2 atom stereocenters. The van der Waals surface area contributed by atoms with Gasteiger partial charge in [0.15, 0.2) is 0 Å². The third kappa shape index (κ3) is 2.36. The summed E-state index contributed by atoms with van der Waals surface area (Å²) in [7, 11) is 0. The zero-order chi connectivity index (χ0) is 16.8. The van der Waals surface area contributed by atoms with E-state index in [0.29, 0.717) is 11.8 Å². The van der Waals surface area contributed by atoms with Gasteiger partial charge in [-0.2, -0.15) is 0 Å². The van der Waals surface area contributed by atoms with Gasteiger partial charge in [0.25, 0.3) is 0 Å². The van der Waals surface area contributed by atoms with Crippen LogP contribution in [0.2, 0.25) is 0 Å². The van der Waals surface area contributed by atoms with Crippen LogP contribution >= 0.6 is 0 Å². The molecule has 0 amide bonds. The highest BCUT2D eigenvalue weighted by molar-refractivity contribution is 5.68. The highest BCUT2D eigenvalue weighted by Crippen LogP contribution is 2.37. The Morgan fingerprint density at radius 1 is 0.667 bits per heavy atom. The van der Waals surface area contributed by atoms with Gasteiger partial charge in [-0.3, -0.25) is 0 Å². The standard InChI is InChI=1S/C24H26/c1-15-5-9-19(23-17(3)7-13-21(15)23)11-12-20-10-6-16(2)22-14-8-18(4)24(20)22/h5-10,13-14,17-18H,11-12H2,1-4H3. The fourth-order valence-corrected chi connectivity index (χ4v) is 4.48. The summed E-state index contributed by atoms with van der Waals surface area (Å²) in [6.45, 7) is 9.10. The molecule has 0 nitrogen and oxygen atoms in total. The largest absolute Gasteiger partial charge is 0.0766 e. The number of benzene rings is 2. The second kappa shape index (κ2) is 5.77. The first-order valence-electron chi connectivity index (χ1n) is 9.17. The number of rotatable bonds is 3. The molecule has 0 heteroatoms. The summed E-state index contributed by atoms with van der Waals surface area (Å²) in [5.74, 6) is 1.11. The van der Waals surface area contributed by atoms with Crippen molar-refractivity contribution in [1.29, 1.82) is 0 Å². The lowest BCUT2D eigenvalue weighted by Crippen LogP contribution is -2.04. The van der Waals surface area contributed by atoms with Crippen LogP contribution in [0.25, 0.3) is 12.2 Å². The van der Waals surface area contributed by atoms with E-state index in [1.165, 1.54) is 33.4 Å². The van der Waals surface area contributed by atoms with Gasteiger partial charge in [-0.25, -0.2) is 0 Å². The van der Waals surface area contributed by atoms with E-state index in [9.17, 15) is 0 Å². The molecule has 2 unspecified atom stereocenters. The zero-order valence-electron chi connectivity index (χ0n) is 15.2. The fourth-order valence-electron chi connectivity index (χ4n) is 4.48. The molecular formula is C24H26. The van der Waals surface area contributed by atoms with Gasteiger partial charge in [0, 0.05) is 11.8 Å². The van der Waals surface area contributed by atoms with Crippen LogP contribution in [0.5, 0.6) is 0 Å². The summed E-state index contributed by atoms with van der Waals surface area (Å²) in [6.07, 6.45) is 11.6. The maximum Gasteiger partial charge on any atom is 0.000166 e. The first-order valence-corrected chi connectivity index (χ1v) is 9.17. The summed E-state index contributed by atoms with van der Waals surface area (Å²) in [5.41, 5.74) is 11.9. The van der Waals surface area contributed by atoms with Crippen LogP contribution in [0.4, 0.5) is 0 Å². The van der Waals surface area contributed by atoms with Crippen LogP contribution in [0.15, 0.2) is 36.4 Å². The average molecular weight is 314 g/mol. The summed E-state index contributed by atoms with van der Waals surface area (Å²) < 4.78 is 0. The molecule has 0 bridgehead atoms. The third-order valence-corrected chi connectivity index (χ3v) is 5.87. The monoisotopic (exact) mass is 314 g/mol. The lowest BCUT2D eigenvalue weighted by atomic mass is 9.87. The van der Waals surface area contributed by atoms with Crippen molar-refractivity contribution in [3.8, 4) is 0 Å². The molecular weight excluding hydrogens is 288 g/mol. The lowest BCUT2D eigenvalue weighted by Gasteiger charge is -2.17. The molecule has 0 fully saturated rings. The molecule has 4 rings (SSSR count). The van der Waals surface area contributed by atoms with Gasteiger partial charge in [-0.15, -0.1) is 0 Å². The summed E-state index contributed by atoms with van der Waals surface area (Å²) >= 11 is 0. The number of hydrogen-bond acceptors (Lipinski definition) is 0. The minimum atomic E-state index is 0.555. The smallest absolute Gasteiger partial charge is 0.000166 e. The topological polar surface area (TPSA) is 0 Å². The van der Waals surface area contributed by atoms with Gasteiger partial charge >= 0.3 is 0 Å². The molecule has 2 aliphatic carbocycles. The van der Waals surface area contributed by atoms with Gasteiger partial charge in [0.2, 0.25) is 0 Å². The summed E-state index contributed by atoms with van der Waals surface area (Å²) in [6, 6.07) is 9.29. The van der Waals surface area contributed by atoms with Crippen molar-refractivity contribution >= 4 is 12.2 Å². The van der Waals surface area contributed by atoms with E-state index in [1.54, 1.807) is 11.1 Å². The van der Waals surface area contributed by atoms with E-state index in [2.05, 4.69) is 76.3 Å². The maximum absolute atomic E-state index is 2.35. The maximum atomic E-state index is 2.35. The van der Waals surface area contributed by atoms with Crippen molar-refractivity contribution in [3.63, 3.8) is 0 Å². The number of aryl methyl sites for hydroxylation is 4. The molecule has 122 valence electrons. The number of hydrogen-bond donors (Lipinski definition) is 0. The predicted octanol–water partition coefficient (Wildman–Crippen LogP) is 6.35. The van der Waals surface area contributed by atoms with Gasteiger partial charge in [-0.1, -0.05) is 62.4 Å². The minimum Gasteiger partial charge on any atom is -0.0766 e. The van der Waals surface area contributed by atoms with Crippen LogP contribution in [0.1, 0.15) is 70.2 Å². The molecule has 0 aromatic heterocycles. The van der Waals surface area contributed by atoms with Crippen molar-refractivity contribution in [2.75, 3.05) is 0 Å². The van der Waals surface area contributed by atoms with Crippen LogP contribution in [0, 0.1) is 13.8 Å². The predicted molar refractivity (Wildman–Crippen MR) is 105 cm³/mol. The van der Waals surface area contributed by atoms with Crippen molar-refractivity contribution in [2.45, 2.75) is 52.4 Å². The first-order chi connectivity index (χ1) is 11.6. The lowest BCUT2D eigenvalue weighted by molar-refractivity contribution is 0.869. The minimum absolute atomic E-state index is 0.555. The van der Waals surface area contributed by atoms with Crippen molar-refractivity contribution in [1.82, 2.24) is 0 Å². The number of allylic oxidation sites excluding steroid dienone is 2. The molecule has 24 heavy (non-hydrogen) atoms. The Labute approximate surface area is 145 Å². The van der Waals surface area contributed by atoms with Gasteiger partial charge in [-0.05, 0) is 71.2 Å². The normalized spacial score (nSPS) is 20.5. The van der Waals surface area contributed by atoms with Crippen molar-refractivity contribution in [2.24, 2.45) is 0 Å². The van der Waals surface area contributed by atoms with Gasteiger partial charge in [0.05, 0.1) is 0 Å². The third-order valence-electron chi connectivity index (χ3n) is 5.87. The highest BCUT2D eigenvalue weighted by Gasteiger charge is 2.21. The second-order valence-corrected chi connectivity index (χ2v) is 7.53. The van der Waals surface area contributed by atoms with E-state index in [4.69, 9.17) is 0 Å². The van der Waals surface area contributed by atoms with E-state index in [0.717, 1.165) is 12.8 Å². The van der Waals surface area contributed by atoms with E-state index in [-0.39, 0.29) is 0 Å². The Morgan fingerprint density at radius 2 is 1.08 bits per heavy atom. The van der Waals surface area contributed by atoms with Crippen molar-refractivity contribution in [3.05, 3.63) is 80.9 Å². The highest BCUT2D eigenvalue weighted by atomic mass is 14.3. The Morgan fingerprint density at radius 3 is 1.50 bits per heavy atom. The summed E-state index contributed by atoms with van der Waals surface area (Å²) in [4.78, 5) is 0. The SMILES string of the molecule is Cc1ccc(CCc2ccc(C)c3c2C(C)C=C3)c2c1C=CC2C. The van der Waals surface area contributed by atoms with Crippen LogP contribution in [-0.2, 0) is 12.8 Å². The van der Waals surface area contributed by atoms with Crippen LogP contribution < -0.4 is 0 Å². The van der Waals surface area contributed by atoms with E-state index >= 15 is 0 Å². The first kappa shape index (κ1) is 15.4. The zero-order valence-corrected chi connectivity index (χ0v) is 15.2. The molecule has 2 aromatic rings. The molecule has 0 spiro atoms. The summed E-state index contributed by atoms with van der Waals surface area (Å²) in [5, 5.41) is 0. The average Bonchev–Trinajstić information content (AvgIpc) is 3.14. The molecule has 0 aliphatic heterocycles. The van der Waals surface area contributed by atoms with Crippen molar-refractivity contribution < 1.29 is 0 Å². The fraction of sp³-hybridized carbons (Fsp3) is 0.333. The van der Waals surface area contributed by atoms with Crippen LogP contribution in [0.3, 0.4) is 0 Å². The molecule has 0 heterocycles. The Kier molecular flexibility index (Phi) is 3.72. The molecule has 2 aliphatic rings. The Bertz CT molecular complexity index is 791. The number of fused-ring (bicyclic) bond motifs is 2. The quantitative estimate of drug-likeness (QED) is 0.619. The van der Waals surface area contributed by atoms with E-state index < -0.39 is 0 Å². The van der Waals surface area contributed by atoms with E-state index in [1.807, 2.05) is 0 Å². The second-order valence-electron chi connectivity index (χ2n) is 7.53. The molecule has 0 radical (unpaired) electrons. The van der Waals surface area contributed by atoms with Crippen LogP contribution in [-0.4, -0.2) is 0 Å². The van der Waals surface area contributed by atoms with Gasteiger partial charge in [0.1, 0.15) is 0 Å². The molecule has 0 saturated carbocycles. The molecule has 2 aromatic carbocycles. The Balaban J connectivity index is 1.65. The Hall–Kier alpha value is -2.08. The molecule has 0 saturated heterocycles. The molecule has 0 N–H and O–H groups in total. The van der Waals surface area contributed by atoms with Gasteiger partial charge < -0.3 is 0 Å².